The number of benzene rings is 1. The number of carbonyl (C=O) groups excluding carboxylic acids is 1. The third kappa shape index (κ3) is 1.92. The monoisotopic (exact) mass is 277 g/mol. The summed E-state index contributed by atoms with van der Waals surface area (Å²) in [7, 11) is 1.33. The first-order valence-corrected chi connectivity index (χ1v) is 6.41. The predicted octanol–water partition coefficient (Wildman–Crippen LogP) is 1.45. The van der Waals surface area contributed by atoms with E-state index in [-0.39, 0.29) is 6.10 Å². The first-order chi connectivity index (χ1) is 9.56. The van der Waals surface area contributed by atoms with Crippen molar-refractivity contribution in [2.75, 3.05) is 20.2 Å². The Balaban J connectivity index is 1.82. The number of hydrogen-bond acceptors (Lipinski definition) is 4. The van der Waals surface area contributed by atoms with Crippen LogP contribution < -0.4 is 0 Å². The minimum atomic E-state index is -0.926. The first-order valence-electron chi connectivity index (χ1n) is 6.41. The van der Waals surface area contributed by atoms with Crippen molar-refractivity contribution in [1.29, 1.82) is 0 Å². The normalized spacial score (nSPS) is 27.6. The van der Waals surface area contributed by atoms with Crippen molar-refractivity contribution in [2.24, 2.45) is 0 Å². The Morgan fingerprint density at radius 2 is 2.10 bits per heavy atom. The van der Waals surface area contributed by atoms with Crippen molar-refractivity contribution in [3.05, 3.63) is 35.4 Å². The largest absolute Gasteiger partial charge is 0.465 e. The van der Waals surface area contributed by atoms with Crippen LogP contribution in [0.4, 0.5) is 4.79 Å². The molecule has 1 aromatic rings. The molecule has 2 unspecified atom stereocenters. The van der Waals surface area contributed by atoms with E-state index in [1.54, 1.807) is 24.3 Å². The molecule has 0 aliphatic carbocycles. The van der Waals surface area contributed by atoms with Gasteiger partial charge in [0.15, 0.2) is 0 Å². The summed E-state index contributed by atoms with van der Waals surface area (Å²) in [5.74, 6) is -0.391. The highest BCUT2D eigenvalue weighted by Crippen LogP contribution is 2.51. The Kier molecular flexibility index (Phi) is 2.90. The Bertz CT molecular complexity index is 555. The highest BCUT2D eigenvalue weighted by molar-refractivity contribution is 5.89. The van der Waals surface area contributed by atoms with Crippen LogP contribution in [0.2, 0.25) is 0 Å². The second-order valence-corrected chi connectivity index (χ2v) is 5.06. The van der Waals surface area contributed by atoms with Crippen LogP contribution in [0.15, 0.2) is 24.3 Å². The van der Waals surface area contributed by atoms with Gasteiger partial charge < -0.3 is 19.5 Å². The molecular formula is C14H15NO5. The van der Waals surface area contributed by atoms with Crippen molar-refractivity contribution in [2.45, 2.75) is 18.1 Å². The number of amides is 1. The number of nitrogens with zero attached hydrogens (tertiary/aromatic N) is 1. The van der Waals surface area contributed by atoms with Gasteiger partial charge in [0.1, 0.15) is 5.60 Å². The van der Waals surface area contributed by atoms with E-state index < -0.39 is 17.7 Å². The van der Waals surface area contributed by atoms with Crippen molar-refractivity contribution in [3.63, 3.8) is 0 Å². The highest BCUT2D eigenvalue weighted by atomic mass is 16.6. The van der Waals surface area contributed by atoms with Crippen LogP contribution in [-0.2, 0) is 15.1 Å². The summed E-state index contributed by atoms with van der Waals surface area (Å²) in [5, 5.41) is 9.09. The zero-order chi connectivity index (χ0) is 14.3. The molecule has 2 heterocycles. The zero-order valence-corrected chi connectivity index (χ0v) is 11.0. The lowest BCUT2D eigenvalue weighted by Crippen LogP contribution is -2.43. The van der Waals surface area contributed by atoms with Gasteiger partial charge in [-0.15, -0.1) is 0 Å². The molecule has 0 saturated carbocycles. The molecule has 2 saturated heterocycles. The Morgan fingerprint density at radius 3 is 2.70 bits per heavy atom. The molecule has 2 atom stereocenters. The summed E-state index contributed by atoms with van der Waals surface area (Å²) < 4.78 is 10.4. The Morgan fingerprint density at radius 1 is 1.40 bits per heavy atom. The molecule has 2 aliphatic heterocycles. The van der Waals surface area contributed by atoms with Gasteiger partial charge in [-0.05, 0) is 24.1 Å². The molecule has 20 heavy (non-hydrogen) atoms. The summed E-state index contributed by atoms with van der Waals surface area (Å²) in [6.07, 6.45) is -0.156. The minimum absolute atomic E-state index is 0.0714. The van der Waals surface area contributed by atoms with Gasteiger partial charge in [0.2, 0.25) is 0 Å². The highest BCUT2D eigenvalue weighted by Gasteiger charge is 2.61. The minimum Gasteiger partial charge on any atom is -0.465 e. The average Bonchev–Trinajstić information content (AvgIpc) is 3.21. The van der Waals surface area contributed by atoms with Gasteiger partial charge in [-0.3, -0.25) is 0 Å². The SMILES string of the molecule is COC(=O)c1ccc(C23CN(C(=O)O)CCC2O3)cc1. The van der Waals surface area contributed by atoms with Crippen LogP contribution in [0.1, 0.15) is 22.3 Å². The number of fused-ring (bicyclic) bond motifs is 1. The molecule has 2 aliphatic rings. The van der Waals surface area contributed by atoms with Gasteiger partial charge >= 0.3 is 12.1 Å². The maximum atomic E-state index is 11.4. The van der Waals surface area contributed by atoms with Gasteiger partial charge in [-0.2, -0.15) is 0 Å². The second-order valence-electron chi connectivity index (χ2n) is 5.06. The molecule has 106 valence electrons. The molecule has 6 nitrogen and oxygen atoms in total. The Labute approximate surface area is 115 Å². The van der Waals surface area contributed by atoms with Crippen LogP contribution in [0.25, 0.3) is 0 Å². The quantitative estimate of drug-likeness (QED) is 0.654. The van der Waals surface area contributed by atoms with Crippen LogP contribution in [-0.4, -0.2) is 48.4 Å². The van der Waals surface area contributed by atoms with E-state index in [4.69, 9.17) is 9.84 Å². The van der Waals surface area contributed by atoms with Gasteiger partial charge in [0, 0.05) is 6.54 Å². The summed E-state index contributed by atoms with van der Waals surface area (Å²) >= 11 is 0. The first kappa shape index (κ1) is 12.9. The number of piperidine rings is 1. The number of hydrogen-bond donors (Lipinski definition) is 1. The third-order valence-corrected chi connectivity index (χ3v) is 3.97. The molecule has 0 spiro atoms. The van der Waals surface area contributed by atoms with Gasteiger partial charge in [-0.25, -0.2) is 9.59 Å². The van der Waals surface area contributed by atoms with Crippen molar-refractivity contribution in [3.8, 4) is 0 Å². The van der Waals surface area contributed by atoms with Gasteiger partial charge in [0.05, 0.1) is 25.3 Å². The van der Waals surface area contributed by atoms with Crippen molar-refractivity contribution < 1.29 is 24.2 Å². The molecule has 1 aromatic carbocycles. The molecule has 0 radical (unpaired) electrons. The van der Waals surface area contributed by atoms with Crippen molar-refractivity contribution in [1.82, 2.24) is 4.90 Å². The van der Waals surface area contributed by atoms with E-state index in [0.29, 0.717) is 25.1 Å². The second kappa shape index (κ2) is 4.49. The predicted molar refractivity (Wildman–Crippen MR) is 68.5 cm³/mol. The number of ether oxygens (including phenoxy) is 2. The van der Waals surface area contributed by atoms with Crippen LogP contribution in [0.3, 0.4) is 0 Å². The average molecular weight is 277 g/mol. The lowest BCUT2D eigenvalue weighted by Gasteiger charge is -2.27. The topological polar surface area (TPSA) is 79.4 Å². The van der Waals surface area contributed by atoms with E-state index in [2.05, 4.69) is 4.74 Å². The number of carboxylic acid groups (broad SMARTS) is 1. The smallest absolute Gasteiger partial charge is 0.407 e. The van der Waals surface area contributed by atoms with E-state index in [9.17, 15) is 9.59 Å². The van der Waals surface area contributed by atoms with Gasteiger partial charge in [-0.1, -0.05) is 12.1 Å². The van der Waals surface area contributed by atoms with E-state index in [1.165, 1.54) is 12.0 Å². The van der Waals surface area contributed by atoms with Crippen LogP contribution in [0, 0.1) is 0 Å². The van der Waals surface area contributed by atoms with Crippen molar-refractivity contribution >= 4 is 12.1 Å². The fourth-order valence-corrected chi connectivity index (χ4v) is 2.80. The number of likely N-dealkylation sites (tertiary alicyclic amines) is 1. The van der Waals surface area contributed by atoms with E-state index in [1.807, 2.05) is 0 Å². The maximum Gasteiger partial charge on any atom is 0.407 e. The standard InChI is InChI=1S/C14H15NO5/c1-19-12(16)9-2-4-10(5-3-9)14-8-15(13(17)18)7-6-11(14)20-14/h2-5,11H,6-8H2,1H3,(H,17,18). The van der Waals surface area contributed by atoms with E-state index >= 15 is 0 Å². The lowest BCUT2D eigenvalue weighted by molar-refractivity contribution is 0.0600. The van der Waals surface area contributed by atoms with Crippen LogP contribution in [0.5, 0.6) is 0 Å². The molecule has 6 heteroatoms. The summed E-state index contributed by atoms with van der Waals surface area (Å²) in [6.45, 7) is 0.840. The summed E-state index contributed by atoms with van der Waals surface area (Å²) in [6, 6.07) is 6.96. The number of epoxide rings is 1. The molecule has 1 amide bonds. The molecule has 1 N–H and O–H groups in total. The fourth-order valence-electron chi connectivity index (χ4n) is 2.80. The maximum absolute atomic E-state index is 11.4. The number of esters is 1. The Hall–Kier alpha value is -2.08. The van der Waals surface area contributed by atoms with E-state index in [0.717, 1.165) is 5.56 Å². The third-order valence-electron chi connectivity index (χ3n) is 3.97. The lowest BCUT2D eigenvalue weighted by atomic mass is 9.90. The zero-order valence-electron chi connectivity index (χ0n) is 11.0. The molecule has 2 fully saturated rings. The number of methoxy groups -OCH3 is 1. The molecule has 0 bridgehead atoms. The summed E-state index contributed by atoms with van der Waals surface area (Å²) in [4.78, 5) is 23.8. The van der Waals surface area contributed by atoms with Gasteiger partial charge in [0.25, 0.3) is 0 Å². The summed E-state index contributed by atoms with van der Waals surface area (Å²) in [5.41, 5.74) is 0.836. The van der Waals surface area contributed by atoms with Crippen LogP contribution >= 0.6 is 0 Å². The number of rotatable bonds is 2. The molecule has 0 aromatic heterocycles. The molecular weight excluding hydrogens is 262 g/mol. The molecule has 3 rings (SSSR count). The number of carbonyl (C=O) groups is 2. The fraction of sp³-hybridized carbons (Fsp3) is 0.429.